The molecule has 1 aliphatic carbocycles. The molecule has 1 aliphatic heterocycles. The van der Waals surface area contributed by atoms with Crippen LogP contribution in [0, 0.1) is 0 Å². The highest BCUT2D eigenvalue weighted by molar-refractivity contribution is 5.79. The zero-order valence-electron chi connectivity index (χ0n) is 12.9. The van der Waals surface area contributed by atoms with Crippen molar-refractivity contribution < 1.29 is 9.90 Å². The predicted octanol–water partition coefficient (Wildman–Crippen LogP) is 0.999. The fraction of sp³-hybridized carbons (Fsp3) is 0.933. The first-order valence-electron chi connectivity index (χ1n) is 7.98. The van der Waals surface area contributed by atoms with Gasteiger partial charge in [-0.25, -0.2) is 0 Å². The van der Waals surface area contributed by atoms with E-state index in [1.54, 1.807) is 0 Å². The lowest BCUT2D eigenvalue weighted by molar-refractivity contribution is -0.147. The first-order chi connectivity index (χ1) is 9.57. The molecule has 20 heavy (non-hydrogen) atoms. The number of aliphatic carboxylic acids is 1. The van der Waals surface area contributed by atoms with Gasteiger partial charge in [0.1, 0.15) is 5.54 Å². The van der Waals surface area contributed by atoms with E-state index in [4.69, 9.17) is 0 Å². The summed E-state index contributed by atoms with van der Waals surface area (Å²) in [4.78, 5) is 16.6. The van der Waals surface area contributed by atoms with Crippen molar-refractivity contribution >= 4 is 5.97 Å². The van der Waals surface area contributed by atoms with Crippen molar-refractivity contribution in [1.82, 2.24) is 15.1 Å². The largest absolute Gasteiger partial charge is 0.480 e. The highest BCUT2D eigenvalue weighted by Gasteiger charge is 2.43. The Labute approximate surface area is 122 Å². The van der Waals surface area contributed by atoms with Gasteiger partial charge in [-0.05, 0) is 58.8 Å². The lowest BCUT2D eigenvalue weighted by Gasteiger charge is -2.42. The first kappa shape index (κ1) is 15.7. The zero-order valence-corrected chi connectivity index (χ0v) is 12.9. The molecule has 0 aromatic rings. The smallest absolute Gasteiger partial charge is 0.323 e. The van der Waals surface area contributed by atoms with E-state index < -0.39 is 11.5 Å². The summed E-state index contributed by atoms with van der Waals surface area (Å²) in [5.41, 5.74) is -0.699. The van der Waals surface area contributed by atoms with Crippen molar-refractivity contribution in [2.24, 2.45) is 0 Å². The molecule has 0 aromatic carbocycles. The number of carboxylic acid groups (broad SMARTS) is 1. The van der Waals surface area contributed by atoms with Gasteiger partial charge in [0.25, 0.3) is 0 Å². The lowest BCUT2D eigenvalue weighted by Crippen LogP contribution is -2.58. The molecule has 2 aliphatic rings. The Morgan fingerprint density at radius 1 is 1.30 bits per heavy atom. The summed E-state index contributed by atoms with van der Waals surface area (Å²) in [6.45, 7) is 7.15. The number of nitrogens with one attached hydrogen (secondary N) is 1. The summed E-state index contributed by atoms with van der Waals surface area (Å²) in [5, 5.41) is 12.9. The minimum Gasteiger partial charge on any atom is -0.480 e. The maximum atomic E-state index is 11.7. The molecule has 0 spiro atoms. The first-order valence-corrected chi connectivity index (χ1v) is 7.98. The molecular formula is C15H29N3O2. The van der Waals surface area contributed by atoms with Crippen molar-refractivity contribution in [2.75, 3.05) is 39.8 Å². The van der Waals surface area contributed by atoms with Crippen LogP contribution < -0.4 is 5.32 Å². The van der Waals surface area contributed by atoms with Crippen LogP contribution in [0.5, 0.6) is 0 Å². The molecule has 5 nitrogen and oxygen atoms in total. The fourth-order valence-electron chi connectivity index (χ4n) is 3.76. The second kappa shape index (κ2) is 6.87. The summed E-state index contributed by atoms with van der Waals surface area (Å²) < 4.78 is 0. The number of hydrogen-bond donors (Lipinski definition) is 2. The van der Waals surface area contributed by atoms with E-state index in [-0.39, 0.29) is 0 Å². The topological polar surface area (TPSA) is 55.8 Å². The average Bonchev–Trinajstić information content (AvgIpc) is 2.64. The molecule has 1 heterocycles. The third-order valence-corrected chi connectivity index (χ3v) is 4.92. The fourth-order valence-corrected chi connectivity index (χ4v) is 3.76. The van der Waals surface area contributed by atoms with E-state index in [1.807, 2.05) is 6.92 Å². The van der Waals surface area contributed by atoms with Crippen LogP contribution in [0.1, 0.15) is 39.0 Å². The van der Waals surface area contributed by atoms with E-state index in [2.05, 4.69) is 22.2 Å². The highest BCUT2D eigenvalue weighted by atomic mass is 16.4. The summed E-state index contributed by atoms with van der Waals surface area (Å²) in [7, 11) is 2.17. The van der Waals surface area contributed by atoms with Gasteiger partial charge in [-0.2, -0.15) is 0 Å². The molecule has 0 radical (unpaired) electrons. The molecule has 2 N–H and O–H groups in total. The Hall–Kier alpha value is -0.650. The second-order valence-corrected chi connectivity index (χ2v) is 6.36. The van der Waals surface area contributed by atoms with Gasteiger partial charge in [-0.3, -0.25) is 9.69 Å². The van der Waals surface area contributed by atoms with Crippen LogP contribution in [0.15, 0.2) is 0 Å². The predicted molar refractivity (Wildman–Crippen MR) is 80.0 cm³/mol. The van der Waals surface area contributed by atoms with Gasteiger partial charge >= 0.3 is 5.97 Å². The SMILES string of the molecule is CCNC1(C(=O)O)CCCC(N2CCCN(C)CC2)C1. The van der Waals surface area contributed by atoms with E-state index in [0.29, 0.717) is 6.04 Å². The maximum absolute atomic E-state index is 11.7. The lowest BCUT2D eigenvalue weighted by atomic mass is 9.78. The minimum absolute atomic E-state index is 0.422. The van der Waals surface area contributed by atoms with Crippen LogP contribution in [-0.4, -0.2) is 72.2 Å². The van der Waals surface area contributed by atoms with Crippen molar-refractivity contribution in [3.63, 3.8) is 0 Å². The summed E-state index contributed by atoms with van der Waals surface area (Å²) >= 11 is 0. The molecule has 1 saturated heterocycles. The van der Waals surface area contributed by atoms with Gasteiger partial charge in [-0.1, -0.05) is 6.92 Å². The van der Waals surface area contributed by atoms with Gasteiger partial charge in [0, 0.05) is 19.1 Å². The molecular weight excluding hydrogens is 254 g/mol. The Morgan fingerprint density at radius 2 is 2.10 bits per heavy atom. The standard InChI is InChI=1S/C15H29N3O2/c1-3-16-15(14(19)20)7-4-6-13(12-15)18-9-5-8-17(2)10-11-18/h13,16H,3-12H2,1-2H3,(H,19,20). The molecule has 2 atom stereocenters. The quantitative estimate of drug-likeness (QED) is 0.806. The highest BCUT2D eigenvalue weighted by Crippen LogP contribution is 2.32. The normalized spacial score (nSPS) is 33.8. The molecule has 0 bridgehead atoms. The number of rotatable bonds is 4. The molecule has 0 amide bonds. The molecule has 116 valence electrons. The van der Waals surface area contributed by atoms with E-state index >= 15 is 0 Å². The molecule has 2 unspecified atom stereocenters. The summed E-state index contributed by atoms with van der Waals surface area (Å²) in [6.07, 6.45) is 4.86. The molecule has 0 aromatic heterocycles. The second-order valence-electron chi connectivity index (χ2n) is 6.36. The number of likely N-dealkylation sites (N-methyl/N-ethyl adjacent to an activating group) is 2. The van der Waals surface area contributed by atoms with E-state index in [0.717, 1.165) is 58.4 Å². The summed E-state index contributed by atoms with van der Waals surface area (Å²) in [6, 6.07) is 0.422. The van der Waals surface area contributed by atoms with Crippen molar-refractivity contribution in [3.05, 3.63) is 0 Å². The van der Waals surface area contributed by atoms with Gasteiger partial charge in [-0.15, -0.1) is 0 Å². The van der Waals surface area contributed by atoms with Crippen LogP contribution in [0.4, 0.5) is 0 Å². The Bertz CT molecular complexity index is 333. The van der Waals surface area contributed by atoms with Crippen molar-refractivity contribution in [3.8, 4) is 0 Å². The van der Waals surface area contributed by atoms with Crippen molar-refractivity contribution in [1.29, 1.82) is 0 Å². The number of nitrogens with zero attached hydrogens (tertiary/aromatic N) is 2. The monoisotopic (exact) mass is 283 g/mol. The summed E-state index contributed by atoms with van der Waals surface area (Å²) in [5.74, 6) is -0.670. The molecule has 2 fully saturated rings. The van der Waals surface area contributed by atoms with Crippen LogP contribution in [0.3, 0.4) is 0 Å². The Balaban J connectivity index is 2.03. The van der Waals surface area contributed by atoms with Gasteiger partial charge in [0.05, 0.1) is 0 Å². The third-order valence-electron chi connectivity index (χ3n) is 4.92. The van der Waals surface area contributed by atoms with Crippen LogP contribution in [-0.2, 0) is 4.79 Å². The number of carbonyl (C=O) groups is 1. The van der Waals surface area contributed by atoms with Gasteiger partial charge < -0.3 is 15.3 Å². The van der Waals surface area contributed by atoms with Gasteiger partial charge in [0.15, 0.2) is 0 Å². The number of carboxylic acids is 1. The minimum atomic E-state index is -0.699. The van der Waals surface area contributed by atoms with Crippen LogP contribution in [0.25, 0.3) is 0 Å². The van der Waals surface area contributed by atoms with Crippen molar-refractivity contribution in [2.45, 2.75) is 50.6 Å². The molecule has 2 rings (SSSR count). The van der Waals surface area contributed by atoms with E-state index in [1.165, 1.54) is 6.42 Å². The van der Waals surface area contributed by atoms with E-state index in [9.17, 15) is 9.90 Å². The van der Waals surface area contributed by atoms with Crippen LogP contribution in [0.2, 0.25) is 0 Å². The molecule has 1 saturated carbocycles. The Kier molecular flexibility index (Phi) is 5.41. The average molecular weight is 283 g/mol. The zero-order chi connectivity index (χ0) is 14.6. The molecule has 5 heteroatoms. The maximum Gasteiger partial charge on any atom is 0.323 e. The Morgan fingerprint density at radius 3 is 2.80 bits per heavy atom. The third kappa shape index (κ3) is 3.51. The van der Waals surface area contributed by atoms with Gasteiger partial charge in [0.2, 0.25) is 0 Å². The van der Waals surface area contributed by atoms with Crippen LogP contribution >= 0.6 is 0 Å². The number of hydrogen-bond acceptors (Lipinski definition) is 4.